The molecule has 0 bridgehead atoms. The van der Waals surface area contributed by atoms with E-state index in [0.29, 0.717) is 17.6 Å². The Morgan fingerprint density at radius 1 is 1.29 bits per heavy atom. The summed E-state index contributed by atoms with van der Waals surface area (Å²) >= 11 is 0. The van der Waals surface area contributed by atoms with Gasteiger partial charge in [0, 0.05) is 24.0 Å². The van der Waals surface area contributed by atoms with Crippen LogP contribution >= 0.6 is 0 Å². The first-order chi connectivity index (χ1) is 9.97. The molecular formula is C17H36N2O2. The van der Waals surface area contributed by atoms with Gasteiger partial charge in [0.1, 0.15) is 0 Å². The molecule has 1 atom stereocenters. The van der Waals surface area contributed by atoms with Gasteiger partial charge in [-0.05, 0) is 39.7 Å². The van der Waals surface area contributed by atoms with Gasteiger partial charge in [0.05, 0.1) is 25.9 Å². The van der Waals surface area contributed by atoms with Gasteiger partial charge in [-0.15, -0.1) is 0 Å². The fourth-order valence-electron chi connectivity index (χ4n) is 2.43. The lowest BCUT2D eigenvalue weighted by molar-refractivity contribution is -0.157. The molecule has 2 saturated heterocycles. The third-order valence-corrected chi connectivity index (χ3v) is 4.22. The van der Waals surface area contributed by atoms with Gasteiger partial charge >= 0.3 is 0 Å². The van der Waals surface area contributed by atoms with Crippen LogP contribution in [-0.4, -0.2) is 51.1 Å². The summed E-state index contributed by atoms with van der Waals surface area (Å²) in [6.45, 7) is 15.7. The number of nitrogens with one attached hydrogen (secondary N) is 2. The summed E-state index contributed by atoms with van der Waals surface area (Å²) in [7, 11) is 0. The molecule has 2 fully saturated rings. The predicted octanol–water partition coefficient (Wildman–Crippen LogP) is 2.57. The molecule has 2 aliphatic rings. The largest absolute Gasteiger partial charge is 0.380 e. The minimum atomic E-state index is 0.346. The average molecular weight is 300 g/mol. The normalized spacial score (nSPS) is 23.9. The van der Waals surface area contributed by atoms with Crippen molar-refractivity contribution in [3.05, 3.63) is 0 Å². The van der Waals surface area contributed by atoms with Crippen molar-refractivity contribution >= 4 is 0 Å². The monoisotopic (exact) mass is 300 g/mol. The topological polar surface area (TPSA) is 42.5 Å². The number of ether oxygens (including phenoxy) is 2. The number of hydrogen-bond acceptors (Lipinski definition) is 4. The predicted molar refractivity (Wildman–Crippen MR) is 88.8 cm³/mol. The van der Waals surface area contributed by atoms with Crippen LogP contribution in [0.1, 0.15) is 53.9 Å². The van der Waals surface area contributed by atoms with E-state index in [2.05, 4.69) is 45.3 Å². The van der Waals surface area contributed by atoms with Crippen LogP contribution in [0.15, 0.2) is 0 Å². The molecule has 0 aliphatic carbocycles. The van der Waals surface area contributed by atoms with Crippen molar-refractivity contribution in [2.75, 3.05) is 32.9 Å². The number of rotatable bonds is 7. The van der Waals surface area contributed by atoms with Crippen LogP contribution in [0.25, 0.3) is 0 Å². The van der Waals surface area contributed by atoms with Crippen molar-refractivity contribution in [2.24, 2.45) is 5.41 Å². The Labute approximate surface area is 131 Å². The summed E-state index contributed by atoms with van der Waals surface area (Å²) in [5, 5.41) is 6.87. The highest BCUT2D eigenvalue weighted by molar-refractivity contribution is 4.84. The SMILES string of the molecule is CC(C)NCC1CCCN1.CCC1(COC(C)C)COC1. The van der Waals surface area contributed by atoms with E-state index >= 15 is 0 Å². The van der Waals surface area contributed by atoms with Crippen molar-refractivity contribution in [1.29, 1.82) is 0 Å². The maximum Gasteiger partial charge on any atom is 0.0570 e. The van der Waals surface area contributed by atoms with E-state index in [0.717, 1.165) is 32.4 Å². The molecule has 0 spiro atoms. The second-order valence-electron chi connectivity index (χ2n) is 7.06. The number of hydrogen-bond donors (Lipinski definition) is 2. The van der Waals surface area contributed by atoms with Crippen LogP contribution < -0.4 is 10.6 Å². The molecule has 2 N–H and O–H groups in total. The maximum absolute atomic E-state index is 5.56. The van der Waals surface area contributed by atoms with E-state index in [1.807, 2.05) is 0 Å². The van der Waals surface area contributed by atoms with E-state index in [4.69, 9.17) is 9.47 Å². The van der Waals surface area contributed by atoms with Crippen LogP contribution in [0.3, 0.4) is 0 Å². The van der Waals surface area contributed by atoms with Crippen LogP contribution in [0.4, 0.5) is 0 Å². The summed E-state index contributed by atoms with van der Waals surface area (Å²) in [6.07, 6.45) is 4.21. The smallest absolute Gasteiger partial charge is 0.0570 e. The molecule has 0 amide bonds. The van der Waals surface area contributed by atoms with E-state index in [1.165, 1.54) is 25.8 Å². The molecule has 0 radical (unpaired) electrons. The Bertz CT molecular complexity index is 254. The minimum absolute atomic E-state index is 0.346. The zero-order valence-electron chi connectivity index (χ0n) is 14.7. The highest BCUT2D eigenvalue weighted by Gasteiger charge is 2.37. The third-order valence-electron chi connectivity index (χ3n) is 4.22. The van der Waals surface area contributed by atoms with Crippen molar-refractivity contribution in [3.8, 4) is 0 Å². The molecular weight excluding hydrogens is 264 g/mol. The van der Waals surface area contributed by atoms with Crippen molar-refractivity contribution in [1.82, 2.24) is 10.6 Å². The summed E-state index contributed by atoms with van der Waals surface area (Å²) < 4.78 is 10.7. The quantitative estimate of drug-likeness (QED) is 0.758. The first kappa shape index (κ1) is 18.9. The molecule has 4 heteroatoms. The molecule has 126 valence electrons. The van der Waals surface area contributed by atoms with Crippen LogP contribution in [-0.2, 0) is 9.47 Å². The molecule has 0 aromatic heterocycles. The first-order valence-electron chi connectivity index (χ1n) is 8.63. The van der Waals surface area contributed by atoms with Crippen LogP contribution in [0.5, 0.6) is 0 Å². The maximum atomic E-state index is 5.56. The molecule has 0 aromatic carbocycles. The Kier molecular flexibility index (Phi) is 8.79. The van der Waals surface area contributed by atoms with Gasteiger partial charge in [-0.1, -0.05) is 20.8 Å². The standard InChI is InChI=1S/C9H18O2.C8H18N2/c1-4-9(5-10-6-9)7-11-8(2)3;1-7(2)10-6-8-4-3-5-9-8/h8H,4-7H2,1-3H3;7-10H,3-6H2,1-2H3. The summed E-state index contributed by atoms with van der Waals surface area (Å²) in [5.41, 5.74) is 0.351. The Hall–Kier alpha value is -0.160. The van der Waals surface area contributed by atoms with Crippen LogP contribution in [0, 0.1) is 5.41 Å². The molecule has 2 rings (SSSR count). The highest BCUT2D eigenvalue weighted by Crippen LogP contribution is 2.31. The van der Waals surface area contributed by atoms with Gasteiger partial charge in [-0.3, -0.25) is 0 Å². The summed E-state index contributed by atoms with van der Waals surface area (Å²) in [4.78, 5) is 0. The second kappa shape index (κ2) is 9.78. The van der Waals surface area contributed by atoms with E-state index < -0.39 is 0 Å². The van der Waals surface area contributed by atoms with Crippen molar-refractivity contribution < 1.29 is 9.47 Å². The average Bonchev–Trinajstić information content (AvgIpc) is 2.89. The fraction of sp³-hybridized carbons (Fsp3) is 1.00. The zero-order valence-corrected chi connectivity index (χ0v) is 14.7. The van der Waals surface area contributed by atoms with Crippen molar-refractivity contribution in [3.63, 3.8) is 0 Å². The lowest BCUT2D eigenvalue weighted by Crippen LogP contribution is -2.46. The molecule has 21 heavy (non-hydrogen) atoms. The minimum Gasteiger partial charge on any atom is -0.380 e. The molecule has 0 aromatic rings. The lowest BCUT2D eigenvalue weighted by Gasteiger charge is -2.40. The third kappa shape index (κ3) is 7.59. The van der Waals surface area contributed by atoms with E-state index in [9.17, 15) is 0 Å². The Morgan fingerprint density at radius 3 is 2.38 bits per heavy atom. The summed E-state index contributed by atoms with van der Waals surface area (Å²) in [6, 6.07) is 1.37. The molecule has 2 heterocycles. The van der Waals surface area contributed by atoms with E-state index in [-0.39, 0.29) is 0 Å². The van der Waals surface area contributed by atoms with Gasteiger partial charge in [-0.25, -0.2) is 0 Å². The fourth-order valence-corrected chi connectivity index (χ4v) is 2.43. The van der Waals surface area contributed by atoms with E-state index in [1.54, 1.807) is 0 Å². The van der Waals surface area contributed by atoms with Gasteiger partial charge < -0.3 is 20.1 Å². The molecule has 4 nitrogen and oxygen atoms in total. The molecule has 0 saturated carbocycles. The Morgan fingerprint density at radius 2 is 2.00 bits per heavy atom. The van der Waals surface area contributed by atoms with Gasteiger partial charge in [0.15, 0.2) is 0 Å². The Balaban J connectivity index is 0.000000211. The second-order valence-corrected chi connectivity index (χ2v) is 7.06. The van der Waals surface area contributed by atoms with Crippen LogP contribution in [0.2, 0.25) is 0 Å². The van der Waals surface area contributed by atoms with Gasteiger partial charge in [0.2, 0.25) is 0 Å². The molecule has 1 unspecified atom stereocenters. The van der Waals surface area contributed by atoms with Gasteiger partial charge in [0.25, 0.3) is 0 Å². The lowest BCUT2D eigenvalue weighted by atomic mass is 9.84. The van der Waals surface area contributed by atoms with Gasteiger partial charge in [-0.2, -0.15) is 0 Å². The van der Waals surface area contributed by atoms with Crippen molar-refractivity contribution in [2.45, 2.75) is 72.1 Å². The first-order valence-corrected chi connectivity index (χ1v) is 8.63. The molecule has 2 aliphatic heterocycles. The zero-order chi connectivity index (χ0) is 15.7. The summed E-state index contributed by atoms with van der Waals surface area (Å²) in [5.74, 6) is 0. The highest BCUT2D eigenvalue weighted by atomic mass is 16.5.